The highest BCUT2D eigenvalue weighted by molar-refractivity contribution is 5.93. The topological polar surface area (TPSA) is 17.0 Å². The molecule has 0 fully saturated rings. The third-order valence-corrected chi connectivity index (χ3v) is 6.08. The molecule has 0 aliphatic carbocycles. The fourth-order valence-electron chi connectivity index (χ4n) is 4.12. The highest BCUT2D eigenvalue weighted by atomic mass is 14.9. The van der Waals surface area contributed by atoms with Crippen molar-refractivity contribution in [2.75, 3.05) is 13.6 Å². The number of aryl methyl sites for hydroxylation is 3. The lowest BCUT2D eigenvalue weighted by Gasteiger charge is -2.08. The van der Waals surface area contributed by atoms with Crippen molar-refractivity contribution < 1.29 is 0 Å². The van der Waals surface area contributed by atoms with Crippen LogP contribution in [-0.2, 0) is 7.05 Å². The molecule has 0 unspecified atom stereocenters. The summed E-state index contributed by atoms with van der Waals surface area (Å²) in [5, 5.41) is 4.34. The number of hydrogen-bond acceptors (Lipinski definition) is 1. The van der Waals surface area contributed by atoms with Crippen LogP contribution in [0.3, 0.4) is 0 Å². The highest BCUT2D eigenvalue weighted by Gasteiger charge is 2.09. The first-order chi connectivity index (χ1) is 17.0. The number of aromatic nitrogens is 1. The molecule has 2 nitrogen and oxygen atoms in total. The molecule has 0 saturated heterocycles. The van der Waals surface area contributed by atoms with Gasteiger partial charge in [0.1, 0.15) is 0 Å². The van der Waals surface area contributed by atoms with Crippen LogP contribution in [0.1, 0.15) is 49.1 Å². The van der Waals surface area contributed by atoms with E-state index in [2.05, 4.69) is 129 Å². The third-order valence-electron chi connectivity index (χ3n) is 6.08. The minimum absolute atomic E-state index is 1.16. The number of unbranched alkanes of at least 4 members (excludes halogenated alkanes) is 1. The second-order valence-electron chi connectivity index (χ2n) is 8.67. The Bertz CT molecular complexity index is 1180. The Morgan fingerprint density at radius 2 is 1.40 bits per heavy atom. The van der Waals surface area contributed by atoms with E-state index in [4.69, 9.17) is 0 Å². The van der Waals surface area contributed by atoms with Crippen molar-refractivity contribution in [2.24, 2.45) is 7.05 Å². The molecule has 0 saturated carbocycles. The maximum absolute atomic E-state index is 3.89. The van der Waals surface area contributed by atoms with E-state index in [1.54, 1.807) is 0 Å². The zero-order valence-electron chi connectivity index (χ0n) is 22.4. The normalized spacial score (nSPS) is 10.5. The van der Waals surface area contributed by atoms with Gasteiger partial charge in [-0.3, -0.25) is 0 Å². The van der Waals surface area contributed by atoms with Gasteiger partial charge in [-0.15, -0.1) is 0 Å². The molecule has 4 aromatic rings. The molecule has 0 radical (unpaired) electrons. The van der Waals surface area contributed by atoms with Crippen LogP contribution in [0.15, 0.2) is 85.5 Å². The number of fused-ring (bicyclic) bond motifs is 1. The minimum atomic E-state index is 1.16. The summed E-state index contributed by atoms with van der Waals surface area (Å²) in [7, 11) is 4.07. The van der Waals surface area contributed by atoms with Crippen LogP contribution in [0.2, 0.25) is 0 Å². The Kier molecular flexibility index (Phi) is 11.8. The lowest BCUT2D eigenvalue weighted by molar-refractivity contribution is 0.711. The van der Waals surface area contributed by atoms with Crippen LogP contribution in [0.5, 0.6) is 0 Å². The number of para-hydroxylation sites is 1. The van der Waals surface area contributed by atoms with Gasteiger partial charge in [-0.05, 0) is 75.2 Å². The predicted molar refractivity (Wildman–Crippen MR) is 158 cm³/mol. The van der Waals surface area contributed by atoms with E-state index in [1.165, 1.54) is 57.3 Å². The number of rotatable bonds is 6. The van der Waals surface area contributed by atoms with Gasteiger partial charge in [-0.2, -0.15) is 0 Å². The Morgan fingerprint density at radius 1 is 0.857 bits per heavy atom. The molecule has 1 heterocycles. The molecular weight excluding hydrogens is 424 g/mol. The van der Waals surface area contributed by atoms with E-state index < -0.39 is 0 Å². The standard InChI is InChI=1S/C14H15N.C14H14.C5H13N/c1-4-8-13-11(5-2)12-9-6-7-10-14(12)15(13)3;1-11-7-3-5-9-13(11)14-10-6-4-8-12(14)2;1-3-4-5-6-2/h4-10H,2H2,1,3H3;3-10H,1-2H3;6H,3-5H2,1-2H3/b8-4-;;. The Hall–Kier alpha value is -3.36. The van der Waals surface area contributed by atoms with Gasteiger partial charge in [0.05, 0.1) is 0 Å². The van der Waals surface area contributed by atoms with E-state index in [9.17, 15) is 0 Å². The first kappa shape index (κ1) is 27.9. The predicted octanol–water partition coefficient (Wildman–Crippen LogP) is 8.83. The van der Waals surface area contributed by atoms with Gasteiger partial charge in [0.15, 0.2) is 0 Å². The van der Waals surface area contributed by atoms with Gasteiger partial charge in [-0.1, -0.05) is 98.8 Å². The van der Waals surface area contributed by atoms with Crippen LogP contribution in [0.4, 0.5) is 0 Å². The maximum atomic E-state index is 3.89. The van der Waals surface area contributed by atoms with E-state index in [-0.39, 0.29) is 0 Å². The van der Waals surface area contributed by atoms with Crippen molar-refractivity contribution in [3.8, 4) is 11.1 Å². The van der Waals surface area contributed by atoms with Crippen LogP contribution < -0.4 is 5.32 Å². The van der Waals surface area contributed by atoms with Crippen molar-refractivity contribution in [1.29, 1.82) is 0 Å². The van der Waals surface area contributed by atoms with Gasteiger partial charge < -0.3 is 9.88 Å². The first-order valence-corrected chi connectivity index (χ1v) is 12.6. The first-order valence-electron chi connectivity index (χ1n) is 12.6. The fraction of sp³-hybridized carbons (Fsp3) is 0.273. The van der Waals surface area contributed by atoms with E-state index in [0.29, 0.717) is 0 Å². The Morgan fingerprint density at radius 3 is 1.86 bits per heavy atom. The molecule has 2 heteroatoms. The van der Waals surface area contributed by atoms with Crippen molar-refractivity contribution in [3.05, 3.63) is 108 Å². The minimum Gasteiger partial charge on any atom is -0.344 e. The summed E-state index contributed by atoms with van der Waals surface area (Å²) in [5.41, 5.74) is 9.03. The largest absolute Gasteiger partial charge is 0.344 e. The lowest BCUT2D eigenvalue weighted by atomic mass is 9.97. The van der Waals surface area contributed by atoms with Gasteiger partial charge in [0.2, 0.25) is 0 Å². The summed E-state index contributed by atoms with van der Waals surface area (Å²) in [6.07, 6.45) is 8.70. The zero-order valence-corrected chi connectivity index (χ0v) is 22.4. The van der Waals surface area contributed by atoms with Crippen LogP contribution in [0, 0.1) is 13.8 Å². The molecule has 4 rings (SSSR count). The van der Waals surface area contributed by atoms with Gasteiger partial charge in [0.25, 0.3) is 0 Å². The summed E-state index contributed by atoms with van der Waals surface area (Å²) in [5.74, 6) is 0. The van der Waals surface area contributed by atoms with Crippen molar-refractivity contribution in [3.63, 3.8) is 0 Å². The van der Waals surface area contributed by atoms with Crippen LogP contribution >= 0.6 is 0 Å². The zero-order chi connectivity index (χ0) is 25.6. The van der Waals surface area contributed by atoms with E-state index >= 15 is 0 Å². The number of nitrogens with zero attached hydrogens (tertiary/aromatic N) is 1. The van der Waals surface area contributed by atoms with Gasteiger partial charge >= 0.3 is 0 Å². The molecule has 1 aromatic heterocycles. The molecule has 35 heavy (non-hydrogen) atoms. The second-order valence-corrected chi connectivity index (χ2v) is 8.67. The number of nitrogens with one attached hydrogen (secondary N) is 1. The van der Waals surface area contributed by atoms with Gasteiger partial charge in [-0.25, -0.2) is 0 Å². The van der Waals surface area contributed by atoms with Gasteiger partial charge in [0, 0.05) is 29.2 Å². The smallest absolute Gasteiger partial charge is 0.0488 e. The highest BCUT2D eigenvalue weighted by Crippen LogP contribution is 2.27. The molecular formula is C33H42N2. The molecule has 0 atom stereocenters. The average Bonchev–Trinajstić information content (AvgIpc) is 3.15. The summed E-state index contributed by atoms with van der Waals surface area (Å²) in [4.78, 5) is 0. The molecule has 184 valence electrons. The Labute approximate surface area is 213 Å². The Balaban J connectivity index is 0.000000202. The number of benzene rings is 3. The van der Waals surface area contributed by atoms with Crippen LogP contribution in [0.25, 0.3) is 34.2 Å². The van der Waals surface area contributed by atoms with Crippen molar-refractivity contribution in [2.45, 2.75) is 40.5 Å². The van der Waals surface area contributed by atoms with Crippen molar-refractivity contribution >= 4 is 23.1 Å². The summed E-state index contributed by atoms with van der Waals surface area (Å²) >= 11 is 0. The molecule has 0 amide bonds. The van der Waals surface area contributed by atoms with Crippen LogP contribution in [-0.4, -0.2) is 18.2 Å². The SMILES string of the molecule is C=Cc1c(/C=C\C)n(C)c2ccccc12.CCCCNC.Cc1ccccc1-c1ccccc1C. The lowest BCUT2D eigenvalue weighted by Crippen LogP contribution is -2.06. The molecule has 1 N–H and O–H groups in total. The fourth-order valence-corrected chi connectivity index (χ4v) is 4.12. The number of hydrogen-bond donors (Lipinski definition) is 1. The summed E-state index contributed by atoms with van der Waals surface area (Å²) < 4.78 is 2.20. The molecule has 0 aliphatic heterocycles. The quantitative estimate of drug-likeness (QED) is 0.281. The molecule has 0 aliphatic rings. The molecule has 3 aromatic carbocycles. The van der Waals surface area contributed by atoms with E-state index in [1.807, 2.05) is 20.0 Å². The number of allylic oxidation sites excluding steroid dienone is 1. The third kappa shape index (κ3) is 7.56. The van der Waals surface area contributed by atoms with Crippen molar-refractivity contribution in [1.82, 2.24) is 9.88 Å². The average molecular weight is 467 g/mol. The second kappa shape index (κ2) is 14.8. The maximum Gasteiger partial charge on any atom is 0.0488 e. The molecule has 0 bridgehead atoms. The van der Waals surface area contributed by atoms with E-state index in [0.717, 1.165) is 6.54 Å². The summed E-state index contributed by atoms with van der Waals surface area (Å²) in [6.45, 7) is 13.6. The summed E-state index contributed by atoms with van der Waals surface area (Å²) in [6, 6.07) is 25.4. The monoisotopic (exact) mass is 466 g/mol. The molecule has 0 spiro atoms.